The SMILES string of the molecule is CCCC1CCN(C(=O)C(C(N)=S)c2ccccc2)CC1. The fraction of sp³-hybridized carbons (Fsp3) is 0.529. The Morgan fingerprint density at radius 2 is 1.95 bits per heavy atom. The maximum Gasteiger partial charge on any atom is 0.236 e. The Balaban J connectivity index is 2.05. The van der Waals surface area contributed by atoms with Gasteiger partial charge in [-0.3, -0.25) is 4.79 Å². The fourth-order valence-electron chi connectivity index (χ4n) is 3.11. The molecular weight excluding hydrogens is 280 g/mol. The second-order valence-corrected chi connectivity index (χ2v) is 6.27. The smallest absolute Gasteiger partial charge is 0.236 e. The maximum absolute atomic E-state index is 12.8. The van der Waals surface area contributed by atoms with E-state index in [1.165, 1.54) is 12.8 Å². The van der Waals surface area contributed by atoms with Gasteiger partial charge < -0.3 is 10.6 Å². The number of likely N-dealkylation sites (tertiary alicyclic amines) is 1. The molecule has 2 N–H and O–H groups in total. The first-order valence-electron chi connectivity index (χ1n) is 7.76. The van der Waals surface area contributed by atoms with Gasteiger partial charge in [0, 0.05) is 13.1 Å². The van der Waals surface area contributed by atoms with E-state index in [-0.39, 0.29) is 10.9 Å². The third-order valence-electron chi connectivity index (χ3n) is 4.29. The lowest BCUT2D eigenvalue weighted by molar-refractivity contribution is -0.132. The van der Waals surface area contributed by atoms with Crippen molar-refractivity contribution in [2.75, 3.05) is 13.1 Å². The van der Waals surface area contributed by atoms with Gasteiger partial charge in [0.25, 0.3) is 0 Å². The first-order valence-corrected chi connectivity index (χ1v) is 8.17. The van der Waals surface area contributed by atoms with Crippen LogP contribution in [0.15, 0.2) is 30.3 Å². The summed E-state index contributed by atoms with van der Waals surface area (Å²) in [5.41, 5.74) is 6.73. The zero-order chi connectivity index (χ0) is 15.2. The summed E-state index contributed by atoms with van der Waals surface area (Å²) in [6.45, 7) is 3.88. The Hall–Kier alpha value is -1.42. The molecule has 1 aromatic rings. The molecule has 1 aromatic carbocycles. The third kappa shape index (κ3) is 4.03. The zero-order valence-electron chi connectivity index (χ0n) is 12.6. The Morgan fingerprint density at radius 1 is 1.33 bits per heavy atom. The molecule has 1 atom stereocenters. The van der Waals surface area contributed by atoms with Gasteiger partial charge in [-0.2, -0.15) is 0 Å². The molecule has 1 fully saturated rings. The molecule has 4 heteroatoms. The average Bonchev–Trinajstić information content (AvgIpc) is 2.49. The van der Waals surface area contributed by atoms with E-state index < -0.39 is 5.92 Å². The van der Waals surface area contributed by atoms with Gasteiger partial charge in [-0.1, -0.05) is 62.3 Å². The van der Waals surface area contributed by atoms with E-state index in [9.17, 15) is 4.79 Å². The molecule has 0 aliphatic carbocycles. The van der Waals surface area contributed by atoms with Crippen LogP contribution in [0.4, 0.5) is 0 Å². The number of nitrogens with zero attached hydrogens (tertiary/aromatic N) is 1. The quantitative estimate of drug-likeness (QED) is 0.850. The van der Waals surface area contributed by atoms with Gasteiger partial charge in [-0.25, -0.2) is 0 Å². The summed E-state index contributed by atoms with van der Waals surface area (Å²) in [5.74, 6) is 0.339. The van der Waals surface area contributed by atoms with Gasteiger partial charge in [0.15, 0.2) is 0 Å². The van der Waals surface area contributed by atoms with Crippen molar-refractivity contribution in [2.24, 2.45) is 11.7 Å². The number of amides is 1. The van der Waals surface area contributed by atoms with Gasteiger partial charge >= 0.3 is 0 Å². The van der Waals surface area contributed by atoms with Crippen LogP contribution in [0.2, 0.25) is 0 Å². The number of thiocarbonyl (C=S) groups is 1. The van der Waals surface area contributed by atoms with E-state index in [4.69, 9.17) is 18.0 Å². The number of rotatable bonds is 5. The topological polar surface area (TPSA) is 46.3 Å². The van der Waals surface area contributed by atoms with E-state index in [0.717, 1.165) is 37.4 Å². The molecule has 21 heavy (non-hydrogen) atoms. The Kier molecular flexibility index (Phi) is 5.74. The van der Waals surface area contributed by atoms with Gasteiger partial charge in [-0.05, 0) is 24.3 Å². The standard InChI is InChI=1S/C17H24N2OS/c1-2-6-13-9-11-19(12-10-13)17(20)15(16(18)21)14-7-4-3-5-8-14/h3-5,7-8,13,15H,2,6,9-12H2,1H3,(H2,18,21). The van der Waals surface area contributed by atoms with Crippen LogP contribution in [0.25, 0.3) is 0 Å². The third-order valence-corrected chi connectivity index (χ3v) is 4.52. The largest absolute Gasteiger partial charge is 0.392 e. The van der Waals surface area contributed by atoms with Crippen LogP contribution in [-0.4, -0.2) is 28.9 Å². The van der Waals surface area contributed by atoms with Crippen LogP contribution in [0.1, 0.15) is 44.1 Å². The lowest BCUT2D eigenvalue weighted by atomic mass is 9.90. The molecule has 0 aromatic heterocycles. The van der Waals surface area contributed by atoms with Crippen molar-refractivity contribution in [1.82, 2.24) is 4.90 Å². The Labute approximate surface area is 132 Å². The molecule has 0 bridgehead atoms. The van der Waals surface area contributed by atoms with Gasteiger partial charge in [0.2, 0.25) is 5.91 Å². The minimum absolute atomic E-state index is 0.0589. The maximum atomic E-state index is 12.8. The Bertz CT molecular complexity index is 481. The molecule has 0 radical (unpaired) electrons. The lowest BCUT2D eigenvalue weighted by Gasteiger charge is -2.34. The number of hydrogen-bond acceptors (Lipinski definition) is 2. The zero-order valence-corrected chi connectivity index (χ0v) is 13.4. The van der Waals surface area contributed by atoms with Crippen molar-refractivity contribution in [3.05, 3.63) is 35.9 Å². The molecule has 1 amide bonds. The molecular formula is C17H24N2OS. The van der Waals surface area contributed by atoms with E-state index in [1.807, 2.05) is 35.2 Å². The van der Waals surface area contributed by atoms with Crippen LogP contribution in [-0.2, 0) is 4.79 Å². The lowest BCUT2D eigenvalue weighted by Crippen LogP contribution is -2.44. The molecule has 1 unspecified atom stereocenters. The molecule has 2 rings (SSSR count). The number of piperidine rings is 1. The number of hydrogen-bond donors (Lipinski definition) is 1. The van der Waals surface area contributed by atoms with Crippen LogP contribution in [0, 0.1) is 5.92 Å². The van der Waals surface area contributed by atoms with Crippen molar-refractivity contribution in [2.45, 2.75) is 38.5 Å². The van der Waals surface area contributed by atoms with Crippen molar-refractivity contribution in [3.63, 3.8) is 0 Å². The van der Waals surface area contributed by atoms with Crippen molar-refractivity contribution in [3.8, 4) is 0 Å². The molecule has 1 heterocycles. The van der Waals surface area contributed by atoms with Crippen molar-refractivity contribution in [1.29, 1.82) is 0 Å². The number of nitrogens with two attached hydrogens (primary N) is 1. The number of carbonyl (C=O) groups is 1. The number of carbonyl (C=O) groups excluding carboxylic acids is 1. The molecule has 114 valence electrons. The predicted octanol–water partition coefficient (Wildman–Crippen LogP) is 3.10. The van der Waals surface area contributed by atoms with E-state index in [1.54, 1.807) is 0 Å². The fourth-order valence-corrected chi connectivity index (χ4v) is 3.34. The summed E-state index contributed by atoms with van der Waals surface area (Å²) < 4.78 is 0. The highest BCUT2D eigenvalue weighted by Gasteiger charge is 2.30. The highest BCUT2D eigenvalue weighted by atomic mass is 32.1. The highest BCUT2D eigenvalue weighted by molar-refractivity contribution is 7.80. The highest BCUT2D eigenvalue weighted by Crippen LogP contribution is 2.25. The summed E-state index contributed by atoms with van der Waals surface area (Å²) in [7, 11) is 0. The summed E-state index contributed by atoms with van der Waals surface area (Å²) >= 11 is 5.14. The second-order valence-electron chi connectivity index (χ2n) is 5.80. The summed E-state index contributed by atoms with van der Waals surface area (Å²) in [6.07, 6.45) is 4.68. The monoisotopic (exact) mass is 304 g/mol. The van der Waals surface area contributed by atoms with Crippen molar-refractivity contribution < 1.29 is 4.79 Å². The summed E-state index contributed by atoms with van der Waals surface area (Å²) in [6, 6.07) is 9.61. The van der Waals surface area contributed by atoms with E-state index in [2.05, 4.69) is 6.92 Å². The molecule has 0 spiro atoms. The molecule has 3 nitrogen and oxygen atoms in total. The van der Waals surface area contributed by atoms with Crippen LogP contribution >= 0.6 is 12.2 Å². The second kappa shape index (κ2) is 7.55. The average molecular weight is 304 g/mol. The first-order chi connectivity index (χ1) is 10.1. The summed E-state index contributed by atoms with van der Waals surface area (Å²) in [4.78, 5) is 15.0. The van der Waals surface area contributed by atoms with Crippen LogP contribution < -0.4 is 5.73 Å². The molecule has 0 saturated carbocycles. The Morgan fingerprint density at radius 3 is 2.48 bits per heavy atom. The molecule has 1 saturated heterocycles. The van der Waals surface area contributed by atoms with E-state index >= 15 is 0 Å². The van der Waals surface area contributed by atoms with E-state index in [0.29, 0.717) is 0 Å². The van der Waals surface area contributed by atoms with Gasteiger partial charge in [0.1, 0.15) is 5.92 Å². The van der Waals surface area contributed by atoms with Crippen LogP contribution in [0.3, 0.4) is 0 Å². The minimum Gasteiger partial charge on any atom is -0.392 e. The summed E-state index contributed by atoms with van der Waals surface area (Å²) in [5, 5.41) is 0. The number of benzene rings is 1. The van der Waals surface area contributed by atoms with Gasteiger partial charge in [0.05, 0.1) is 4.99 Å². The normalized spacial score (nSPS) is 17.5. The minimum atomic E-state index is -0.482. The van der Waals surface area contributed by atoms with Crippen molar-refractivity contribution >= 4 is 23.1 Å². The van der Waals surface area contributed by atoms with Crippen LogP contribution in [0.5, 0.6) is 0 Å². The van der Waals surface area contributed by atoms with Gasteiger partial charge in [-0.15, -0.1) is 0 Å². The predicted molar refractivity (Wildman–Crippen MR) is 90.2 cm³/mol. The first kappa shape index (κ1) is 16.0. The molecule has 1 aliphatic heterocycles. The molecule has 1 aliphatic rings.